The quantitative estimate of drug-likeness (QED) is 0.212. The van der Waals surface area contributed by atoms with Gasteiger partial charge < -0.3 is 19.9 Å². The molecule has 1 aliphatic rings. The summed E-state index contributed by atoms with van der Waals surface area (Å²) in [4.78, 5) is 27.8. The highest BCUT2D eigenvalue weighted by Gasteiger charge is 2.33. The third kappa shape index (κ3) is 8.00. The van der Waals surface area contributed by atoms with Gasteiger partial charge in [0, 0.05) is 25.4 Å². The van der Waals surface area contributed by atoms with Gasteiger partial charge in [0.1, 0.15) is 17.6 Å². The molecule has 14 heteroatoms. The zero-order valence-corrected chi connectivity index (χ0v) is 24.9. The summed E-state index contributed by atoms with van der Waals surface area (Å²) in [6.45, 7) is 0.322. The second-order valence-electron chi connectivity index (χ2n) is 10.4. The molecule has 1 aromatic heterocycles. The first kappa shape index (κ1) is 32.4. The van der Waals surface area contributed by atoms with Crippen LogP contribution in [0.15, 0.2) is 96.0 Å². The maximum absolute atomic E-state index is 12.9. The molecule has 240 valence electrons. The molecule has 1 aliphatic heterocycles. The molecule has 0 unspecified atom stereocenters. The first-order valence-electron chi connectivity index (χ1n) is 14.1. The Morgan fingerprint density at radius 2 is 1.57 bits per heavy atom. The van der Waals surface area contributed by atoms with Crippen molar-refractivity contribution >= 4 is 27.6 Å². The molecule has 1 saturated heterocycles. The van der Waals surface area contributed by atoms with Crippen molar-refractivity contribution in [3.05, 3.63) is 108 Å². The van der Waals surface area contributed by atoms with Crippen molar-refractivity contribution in [2.75, 3.05) is 18.4 Å². The van der Waals surface area contributed by atoms with Gasteiger partial charge in [0.25, 0.3) is 0 Å². The first-order chi connectivity index (χ1) is 21.9. The Balaban J connectivity index is 1.09. The van der Waals surface area contributed by atoms with Crippen LogP contribution in [0.4, 0.5) is 18.9 Å². The lowest BCUT2D eigenvalue weighted by Crippen LogP contribution is -2.41. The van der Waals surface area contributed by atoms with Crippen LogP contribution in [0.5, 0.6) is 17.4 Å². The van der Waals surface area contributed by atoms with E-state index in [1.165, 1.54) is 22.6 Å². The van der Waals surface area contributed by atoms with Crippen LogP contribution in [-0.2, 0) is 27.4 Å². The average molecular weight is 656 g/mol. The predicted molar refractivity (Wildman–Crippen MR) is 160 cm³/mol. The van der Waals surface area contributed by atoms with Crippen molar-refractivity contribution < 1.29 is 45.8 Å². The molecule has 0 aliphatic carbocycles. The van der Waals surface area contributed by atoms with Crippen molar-refractivity contribution in [3.8, 4) is 17.4 Å². The molecule has 10 nitrogen and oxygen atoms in total. The molecule has 0 spiro atoms. The van der Waals surface area contributed by atoms with Gasteiger partial charge in [-0.2, -0.15) is 17.5 Å². The van der Waals surface area contributed by atoms with Crippen LogP contribution in [0, 0.1) is 0 Å². The molecule has 1 amide bonds. The number of carboxylic acid groups (broad SMARTS) is 1. The topological polar surface area (TPSA) is 135 Å². The number of aromatic carboxylic acids is 1. The molecule has 0 saturated carbocycles. The number of piperidine rings is 1. The number of pyridine rings is 1. The summed E-state index contributed by atoms with van der Waals surface area (Å²) < 4.78 is 77.4. The number of aromatic nitrogens is 1. The maximum Gasteiger partial charge on any atom is 0.416 e. The van der Waals surface area contributed by atoms with Gasteiger partial charge in [-0.1, -0.05) is 18.2 Å². The first-order valence-corrected chi connectivity index (χ1v) is 15.5. The zero-order valence-electron chi connectivity index (χ0n) is 24.1. The number of benzene rings is 3. The molecule has 46 heavy (non-hydrogen) atoms. The number of nitrogens with one attached hydrogen (secondary N) is 1. The van der Waals surface area contributed by atoms with Gasteiger partial charge in [0.05, 0.1) is 28.1 Å². The number of anilines is 1. The third-order valence-electron chi connectivity index (χ3n) is 7.16. The number of para-hydroxylation sites is 1. The minimum absolute atomic E-state index is 0.00944. The highest BCUT2D eigenvalue weighted by molar-refractivity contribution is 7.89. The Hall–Kier alpha value is -4.95. The number of alkyl halides is 3. The summed E-state index contributed by atoms with van der Waals surface area (Å²) >= 11 is 0. The number of amides is 1. The molecule has 5 rings (SSSR count). The number of hydrogen-bond acceptors (Lipinski definition) is 7. The van der Waals surface area contributed by atoms with Crippen molar-refractivity contribution in [1.82, 2.24) is 9.29 Å². The number of hydrogen-bond donors (Lipinski definition) is 2. The Kier molecular flexibility index (Phi) is 9.58. The number of carboxylic acids is 1. The van der Waals surface area contributed by atoms with E-state index < -0.39 is 33.6 Å². The van der Waals surface area contributed by atoms with Crippen LogP contribution in [0.1, 0.15) is 34.3 Å². The average Bonchev–Trinajstić information content (AvgIpc) is 3.03. The second kappa shape index (κ2) is 13.6. The fraction of sp³-hybridized carbons (Fsp3) is 0.219. The molecule has 4 aromatic rings. The van der Waals surface area contributed by atoms with Crippen LogP contribution in [0.2, 0.25) is 0 Å². The third-order valence-corrected chi connectivity index (χ3v) is 9.08. The molecular weight excluding hydrogens is 627 g/mol. The summed E-state index contributed by atoms with van der Waals surface area (Å²) in [7, 11) is -3.93. The molecule has 1 fully saturated rings. The summed E-state index contributed by atoms with van der Waals surface area (Å²) in [6, 6.07) is 19.6. The lowest BCUT2D eigenvalue weighted by Gasteiger charge is -2.31. The van der Waals surface area contributed by atoms with E-state index in [9.17, 15) is 36.3 Å². The number of nitrogens with zero attached hydrogens (tertiary/aromatic N) is 2. The Bertz CT molecular complexity index is 1790. The normalized spacial score (nSPS) is 14.4. The van der Waals surface area contributed by atoms with Crippen LogP contribution in [-0.4, -0.2) is 53.9 Å². The van der Waals surface area contributed by atoms with Crippen molar-refractivity contribution in [3.63, 3.8) is 0 Å². The van der Waals surface area contributed by atoms with Gasteiger partial charge in [-0.25, -0.2) is 18.2 Å². The standard InChI is InChI=1S/C32H28F3N3O7S/c33-32(34,35)22-6-12-26(13-7-22)46(42,43)38-17-15-25(16-18-38)44-23-8-10-24(11-9-23)45-30-14-5-21(20-36-30)19-29(39)37-28-4-2-1-3-27(28)31(40)41/h1-14,20,25H,15-19H2,(H,37,39)(H,40,41). The van der Waals surface area contributed by atoms with E-state index in [4.69, 9.17) is 9.47 Å². The van der Waals surface area contributed by atoms with Crippen molar-refractivity contribution in [2.24, 2.45) is 0 Å². The van der Waals surface area contributed by atoms with Gasteiger partial charge in [0.15, 0.2) is 0 Å². The van der Waals surface area contributed by atoms with E-state index in [0.29, 0.717) is 29.9 Å². The molecule has 2 heterocycles. The summed E-state index contributed by atoms with van der Waals surface area (Å²) in [5, 5.41) is 11.9. The van der Waals surface area contributed by atoms with E-state index >= 15 is 0 Å². The van der Waals surface area contributed by atoms with Gasteiger partial charge in [-0.05, 0) is 79.1 Å². The fourth-order valence-corrected chi connectivity index (χ4v) is 6.26. The minimum atomic E-state index is -4.55. The lowest BCUT2D eigenvalue weighted by molar-refractivity contribution is -0.137. The van der Waals surface area contributed by atoms with E-state index in [1.807, 2.05) is 0 Å². The predicted octanol–water partition coefficient (Wildman–Crippen LogP) is 6.00. The maximum atomic E-state index is 12.9. The van der Waals surface area contributed by atoms with Crippen molar-refractivity contribution in [1.29, 1.82) is 0 Å². The zero-order chi connectivity index (χ0) is 32.9. The lowest BCUT2D eigenvalue weighted by atomic mass is 10.1. The van der Waals surface area contributed by atoms with E-state index in [-0.39, 0.29) is 47.6 Å². The van der Waals surface area contributed by atoms with E-state index in [0.717, 1.165) is 24.3 Å². The fourth-order valence-electron chi connectivity index (χ4n) is 4.79. The van der Waals surface area contributed by atoms with Crippen LogP contribution < -0.4 is 14.8 Å². The molecule has 0 atom stereocenters. The largest absolute Gasteiger partial charge is 0.490 e. The Morgan fingerprint density at radius 3 is 2.17 bits per heavy atom. The Morgan fingerprint density at radius 1 is 0.913 bits per heavy atom. The molecule has 3 aromatic carbocycles. The molecule has 0 bridgehead atoms. The van der Waals surface area contributed by atoms with Gasteiger partial charge >= 0.3 is 12.1 Å². The van der Waals surface area contributed by atoms with E-state index in [2.05, 4.69) is 10.3 Å². The van der Waals surface area contributed by atoms with Crippen LogP contribution >= 0.6 is 0 Å². The molecule has 2 N–H and O–H groups in total. The number of sulfonamides is 1. The number of carbonyl (C=O) groups excluding carboxylic acids is 1. The van der Waals surface area contributed by atoms with Gasteiger partial charge in [-0.3, -0.25) is 4.79 Å². The highest BCUT2D eigenvalue weighted by Crippen LogP contribution is 2.31. The molecule has 0 radical (unpaired) electrons. The highest BCUT2D eigenvalue weighted by atomic mass is 32.2. The number of carbonyl (C=O) groups is 2. The molecular formula is C32H28F3N3O7S. The summed E-state index contributed by atoms with van der Waals surface area (Å²) in [6.07, 6.45) is -2.53. The number of halogens is 3. The summed E-state index contributed by atoms with van der Waals surface area (Å²) in [5.41, 5.74) is -0.121. The smallest absolute Gasteiger partial charge is 0.416 e. The van der Waals surface area contributed by atoms with Gasteiger partial charge in [0.2, 0.25) is 21.8 Å². The van der Waals surface area contributed by atoms with E-state index in [1.54, 1.807) is 48.5 Å². The monoisotopic (exact) mass is 655 g/mol. The Labute approximate surface area is 262 Å². The SMILES string of the molecule is O=C(Cc1ccc(Oc2ccc(OC3CCN(S(=O)(=O)c4ccc(C(F)(F)F)cc4)CC3)cc2)nc1)Nc1ccccc1C(=O)O. The van der Waals surface area contributed by atoms with Gasteiger partial charge in [-0.15, -0.1) is 0 Å². The van der Waals surface area contributed by atoms with Crippen molar-refractivity contribution in [2.45, 2.75) is 36.4 Å². The van der Waals surface area contributed by atoms with Crippen LogP contribution in [0.25, 0.3) is 0 Å². The number of ether oxygens (including phenoxy) is 2. The second-order valence-corrected chi connectivity index (χ2v) is 12.3. The minimum Gasteiger partial charge on any atom is -0.490 e. The summed E-state index contributed by atoms with van der Waals surface area (Å²) in [5.74, 6) is -0.223. The van der Waals surface area contributed by atoms with Crippen LogP contribution in [0.3, 0.4) is 0 Å². The number of rotatable bonds is 10.